The largest absolute Gasteiger partial charge is 0.481 e. The van der Waals surface area contributed by atoms with Crippen LogP contribution in [0, 0.1) is 5.82 Å². The number of aliphatic carboxylic acids is 1. The first-order chi connectivity index (χ1) is 10.9. The minimum absolute atomic E-state index is 0.0865. The molecule has 7 heteroatoms. The summed E-state index contributed by atoms with van der Waals surface area (Å²) in [6, 6.07) is 6.01. The van der Waals surface area contributed by atoms with Crippen LogP contribution in [0.3, 0.4) is 0 Å². The van der Waals surface area contributed by atoms with E-state index in [4.69, 9.17) is 9.84 Å². The number of nitrogens with zero attached hydrogens (tertiary/aromatic N) is 1. The Morgan fingerprint density at radius 1 is 1.35 bits per heavy atom. The van der Waals surface area contributed by atoms with Gasteiger partial charge in [-0.2, -0.15) is 0 Å². The fourth-order valence-corrected chi connectivity index (χ4v) is 2.71. The van der Waals surface area contributed by atoms with Crippen LogP contribution in [0.4, 0.5) is 4.39 Å². The van der Waals surface area contributed by atoms with Crippen molar-refractivity contribution in [3.8, 4) is 0 Å². The summed E-state index contributed by atoms with van der Waals surface area (Å²) in [7, 11) is 0. The Bertz CT molecular complexity index is 579. The Kier molecular flexibility index (Phi) is 5.68. The van der Waals surface area contributed by atoms with Crippen LogP contribution in [0.25, 0.3) is 0 Å². The molecule has 1 heterocycles. The molecule has 1 aromatic carbocycles. The second-order valence-corrected chi connectivity index (χ2v) is 5.71. The number of hydrogen-bond donors (Lipinski definition) is 2. The molecule has 6 nitrogen and oxygen atoms in total. The third-order valence-electron chi connectivity index (χ3n) is 3.86. The fraction of sp³-hybridized carbons (Fsp3) is 0.500. The highest BCUT2D eigenvalue weighted by Crippen LogP contribution is 2.24. The van der Waals surface area contributed by atoms with Gasteiger partial charge in [0.1, 0.15) is 11.4 Å². The van der Waals surface area contributed by atoms with E-state index in [-0.39, 0.29) is 50.7 Å². The molecule has 1 atom stereocenters. The molecule has 1 saturated heterocycles. The van der Waals surface area contributed by atoms with Crippen LogP contribution in [0.1, 0.15) is 18.4 Å². The maximum absolute atomic E-state index is 13.3. The van der Waals surface area contributed by atoms with Gasteiger partial charge in [-0.25, -0.2) is 4.39 Å². The predicted molar refractivity (Wildman–Crippen MR) is 79.3 cm³/mol. The van der Waals surface area contributed by atoms with Crippen LogP contribution in [0.2, 0.25) is 0 Å². The van der Waals surface area contributed by atoms with Crippen molar-refractivity contribution in [3.63, 3.8) is 0 Å². The quantitative estimate of drug-likeness (QED) is 0.809. The van der Waals surface area contributed by atoms with E-state index in [0.717, 1.165) is 0 Å². The molecule has 1 aliphatic heterocycles. The first-order valence-corrected chi connectivity index (χ1v) is 7.43. The van der Waals surface area contributed by atoms with Gasteiger partial charge in [-0.05, 0) is 17.7 Å². The van der Waals surface area contributed by atoms with Crippen LogP contribution in [-0.2, 0) is 20.7 Å². The number of carbonyl (C=O) groups excluding carboxylic acids is 1. The van der Waals surface area contributed by atoms with E-state index >= 15 is 0 Å². The van der Waals surface area contributed by atoms with E-state index in [9.17, 15) is 19.1 Å². The summed E-state index contributed by atoms with van der Waals surface area (Å²) < 4.78 is 19.0. The minimum atomic E-state index is -1.03. The van der Waals surface area contributed by atoms with Crippen LogP contribution in [-0.4, -0.2) is 58.9 Å². The van der Waals surface area contributed by atoms with Gasteiger partial charge in [0.05, 0.1) is 26.2 Å². The SMILES string of the molecule is O=C(O)CCC(=O)N1CCOC(CO)(Cc2cccc(F)c2)C1. The third kappa shape index (κ3) is 4.74. The van der Waals surface area contributed by atoms with Crippen molar-refractivity contribution in [2.75, 3.05) is 26.3 Å². The van der Waals surface area contributed by atoms with E-state index in [2.05, 4.69) is 0 Å². The van der Waals surface area contributed by atoms with E-state index in [1.807, 2.05) is 0 Å². The number of aliphatic hydroxyl groups excluding tert-OH is 1. The standard InChI is InChI=1S/C16H20FNO5/c17-13-3-1-2-12(8-13)9-16(11-19)10-18(6-7-23-16)14(20)4-5-15(21)22/h1-3,8,19H,4-7,9-11H2,(H,21,22). The molecule has 126 valence electrons. The van der Waals surface area contributed by atoms with Crippen molar-refractivity contribution in [2.45, 2.75) is 24.9 Å². The normalized spacial score (nSPS) is 21.2. The lowest BCUT2D eigenvalue weighted by molar-refractivity contribution is -0.159. The van der Waals surface area contributed by atoms with E-state index in [1.165, 1.54) is 17.0 Å². The number of hydrogen-bond acceptors (Lipinski definition) is 4. The zero-order valence-corrected chi connectivity index (χ0v) is 12.7. The Morgan fingerprint density at radius 3 is 2.78 bits per heavy atom. The van der Waals surface area contributed by atoms with E-state index < -0.39 is 11.6 Å². The Morgan fingerprint density at radius 2 is 2.13 bits per heavy atom. The smallest absolute Gasteiger partial charge is 0.303 e. The van der Waals surface area contributed by atoms with Gasteiger partial charge in [-0.15, -0.1) is 0 Å². The second-order valence-electron chi connectivity index (χ2n) is 5.71. The number of halogens is 1. The molecular weight excluding hydrogens is 305 g/mol. The molecule has 0 saturated carbocycles. The number of carbonyl (C=O) groups is 2. The number of morpholine rings is 1. The van der Waals surface area contributed by atoms with Crippen LogP contribution in [0.15, 0.2) is 24.3 Å². The zero-order valence-electron chi connectivity index (χ0n) is 12.7. The Labute approximate surface area is 133 Å². The Balaban J connectivity index is 2.06. The van der Waals surface area contributed by atoms with E-state index in [0.29, 0.717) is 12.1 Å². The summed E-state index contributed by atoms with van der Waals surface area (Å²) in [6.45, 7) is 0.433. The van der Waals surface area contributed by atoms with Crippen molar-refractivity contribution in [1.82, 2.24) is 4.90 Å². The highest BCUT2D eigenvalue weighted by atomic mass is 19.1. The lowest BCUT2D eigenvalue weighted by atomic mass is 9.93. The highest BCUT2D eigenvalue weighted by Gasteiger charge is 2.38. The molecule has 0 radical (unpaired) electrons. The maximum atomic E-state index is 13.3. The molecule has 1 aromatic rings. The maximum Gasteiger partial charge on any atom is 0.303 e. The molecule has 1 amide bonds. The summed E-state index contributed by atoms with van der Waals surface area (Å²) in [5, 5.41) is 18.4. The molecule has 0 spiro atoms. The van der Waals surface area contributed by atoms with Gasteiger partial charge in [-0.3, -0.25) is 9.59 Å². The average molecular weight is 325 g/mol. The number of ether oxygens (including phenoxy) is 1. The molecule has 23 heavy (non-hydrogen) atoms. The lowest BCUT2D eigenvalue weighted by Gasteiger charge is -2.42. The number of rotatable bonds is 6. The summed E-state index contributed by atoms with van der Waals surface area (Å²) in [5.74, 6) is -1.69. The molecule has 2 rings (SSSR count). The van der Waals surface area contributed by atoms with Gasteiger partial charge < -0.3 is 19.8 Å². The van der Waals surface area contributed by atoms with Gasteiger partial charge in [-0.1, -0.05) is 12.1 Å². The lowest BCUT2D eigenvalue weighted by Crippen LogP contribution is -2.56. The monoisotopic (exact) mass is 325 g/mol. The highest BCUT2D eigenvalue weighted by molar-refractivity contribution is 5.80. The van der Waals surface area contributed by atoms with Crippen molar-refractivity contribution in [3.05, 3.63) is 35.6 Å². The molecule has 0 aromatic heterocycles. The van der Waals surface area contributed by atoms with Crippen molar-refractivity contribution in [2.24, 2.45) is 0 Å². The first-order valence-electron chi connectivity index (χ1n) is 7.43. The fourth-order valence-electron chi connectivity index (χ4n) is 2.71. The van der Waals surface area contributed by atoms with Crippen molar-refractivity contribution in [1.29, 1.82) is 0 Å². The van der Waals surface area contributed by atoms with Gasteiger partial charge in [0.2, 0.25) is 5.91 Å². The van der Waals surface area contributed by atoms with Crippen LogP contribution in [0.5, 0.6) is 0 Å². The summed E-state index contributed by atoms with van der Waals surface area (Å²) in [5.41, 5.74) is -0.329. The van der Waals surface area contributed by atoms with Gasteiger partial charge >= 0.3 is 5.97 Å². The summed E-state index contributed by atoms with van der Waals surface area (Å²) in [4.78, 5) is 24.2. The summed E-state index contributed by atoms with van der Waals surface area (Å²) in [6.07, 6.45) is -0.0486. The van der Waals surface area contributed by atoms with E-state index in [1.54, 1.807) is 12.1 Å². The average Bonchev–Trinajstić information content (AvgIpc) is 2.52. The topological polar surface area (TPSA) is 87.1 Å². The summed E-state index contributed by atoms with van der Waals surface area (Å²) >= 11 is 0. The third-order valence-corrected chi connectivity index (χ3v) is 3.86. The molecule has 2 N–H and O–H groups in total. The molecule has 1 unspecified atom stereocenters. The minimum Gasteiger partial charge on any atom is -0.481 e. The molecule has 0 aliphatic carbocycles. The molecule has 1 aliphatic rings. The second kappa shape index (κ2) is 7.52. The van der Waals surface area contributed by atoms with Gasteiger partial charge in [0.25, 0.3) is 0 Å². The van der Waals surface area contributed by atoms with Crippen LogP contribution >= 0.6 is 0 Å². The van der Waals surface area contributed by atoms with Crippen molar-refractivity contribution < 1.29 is 28.9 Å². The van der Waals surface area contributed by atoms with Crippen molar-refractivity contribution >= 4 is 11.9 Å². The number of benzene rings is 1. The predicted octanol–water partition coefficient (Wildman–Crippen LogP) is 0.823. The zero-order chi connectivity index (χ0) is 16.9. The molecular formula is C16H20FNO5. The number of aliphatic hydroxyl groups is 1. The molecule has 1 fully saturated rings. The van der Waals surface area contributed by atoms with Crippen LogP contribution < -0.4 is 0 Å². The number of amides is 1. The number of carboxylic acids is 1. The molecule has 0 bridgehead atoms. The first kappa shape index (κ1) is 17.4. The van der Waals surface area contributed by atoms with Gasteiger partial charge in [0, 0.05) is 19.4 Å². The number of carboxylic acid groups (broad SMARTS) is 1. The Hall–Kier alpha value is -1.99. The van der Waals surface area contributed by atoms with Gasteiger partial charge in [0.15, 0.2) is 0 Å².